The zero-order chi connectivity index (χ0) is 15.4. The number of hydrogen-bond donors (Lipinski definition) is 0. The third kappa shape index (κ3) is 3.40. The quantitative estimate of drug-likeness (QED) is 0.838. The summed E-state index contributed by atoms with van der Waals surface area (Å²) >= 11 is 0. The second-order valence-electron chi connectivity index (χ2n) is 6.23. The van der Waals surface area contributed by atoms with E-state index in [4.69, 9.17) is 0 Å². The molecule has 22 heavy (non-hydrogen) atoms. The van der Waals surface area contributed by atoms with E-state index in [1.165, 1.54) is 18.5 Å². The molecule has 0 unspecified atom stereocenters. The van der Waals surface area contributed by atoms with Crippen LogP contribution in [-0.4, -0.2) is 44.9 Å². The molecule has 2 heterocycles. The number of aromatic nitrogens is 2. The summed E-state index contributed by atoms with van der Waals surface area (Å²) < 4.78 is 2.18. The van der Waals surface area contributed by atoms with E-state index in [9.17, 15) is 4.79 Å². The van der Waals surface area contributed by atoms with E-state index in [0.29, 0.717) is 6.54 Å². The number of allylic oxidation sites excluding steroid dienone is 2. The second-order valence-corrected chi connectivity index (χ2v) is 6.23. The number of nitrogens with zero attached hydrogens (tertiary/aromatic N) is 4. The molecular weight excluding hydrogens is 276 g/mol. The van der Waals surface area contributed by atoms with E-state index in [-0.39, 0.29) is 5.91 Å². The summed E-state index contributed by atoms with van der Waals surface area (Å²) in [6.45, 7) is 6.11. The van der Waals surface area contributed by atoms with Crippen LogP contribution in [0.25, 0.3) is 0 Å². The molecule has 5 heteroatoms. The van der Waals surface area contributed by atoms with Gasteiger partial charge in [-0.05, 0) is 32.1 Å². The van der Waals surface area contributed by atoms with Crippen molar-refractivity contribution in [3.63, 3.8) is 0 Å². The molecule has 0 bridgehead atoms. The lowest BCUT2D eigenvalue weighted by Gasteiger charge is -2.32. The zero-order valence-electron chi connectivity index (χ0n) is 13.5. The van der Waals surface area contributed by atoms with Crippen LogP contribution in [0.3, 0.4) is 0 Å². The van der Waals surface area contributed by atoms with Crippen molar-refractivity contribution in [2.75, 3.05) is 19.6 Å². The molecule has 0 spiro atoms. The maximum Gasteiger partial charge on any atom is 0.240 e. The fourth-order valence-corrected chi connectivity index (χ4v) is 3.35. The minimum atomic E-state index is 0.245. The highest BCUT2D eigenvalue weighted by Crippen LogP contribution is 2.22. The molecule has 3 rings (SSSR count). The molecule has 0 fully saturated rings. The van der Waals surface area contributed by atoms with Crippen LogP contribution >= 0.6 is 0 Å². The molecule has 2 aliphatic rings. The van der Waals surface area contributed by atoms with Gasteiger partial charge >= 0.3 is 0 Å². The summed E-state index contributed by atoms with van der Waals surface area (Å²) in [5, 5.41) is 0. The Morgan fingerprint density at radius 3 is 3.05 bits per heavy atom. The van der Waals surface area contributed by atoms with Crippen LogP contribution in [0.1, 0.15) is 44.9 Å². The average Bonchev–Trinajstić information content (AvgIpc) is 3.01. The molecule has 0 saturated carbocycles. The normalized spacial score (nSPS) is 18.7. The lowest BCUT2D eigenvalue weighted by Crippen LogP contribution is -2.43. The predicted molar refractivity (Wildman–Crippen MR) is 86.1 cm³/mol. The van der Waals surface area contributed by atoms with E-state index in [2.05, 4.69) is 27.5 Å². The van der Waals surface area contributed by atoms with Crippen molar-refractivity contribution in [1.82, 2.24) is 19.4 Å². The van der Waals surface area contributed by atoms with Gasteiger partial charge in [0, 0.05) is 37.7 Å². The van der Waals surface area contributed by atoms with Crippen molar-refractivity contribution >= 4 is 5.91 Å². The molecule has 1 aromatic heterocycles. The van der Waals surface area contributed by atoms with Gasteiger partial charge in [0.15, 0.2) is 0 Å². The molecular formula is C17H26N4O. The van der Waals surface area contributed by atoms with Crippen LogP contribution in [-0.2, 0) is 17.9 Å². The maximum atomic E-state index is 12.8. The van der Waals surface area contributed by atoms with Gasteiger partial charge in [-0.1, -0.05) is 13.0 Å². The van der Waals surface area contributed by atoms with E-state index in [0.717, 1.165) is 51.3 Å². The van der Waals surface area contributed by atoms with Gasteiger partial charge in [0.1, 0.15) is 5.82 Å². The highest BCUT2D eigenvalue weighted by molar-refractivity contribution is 5.80. The number of rotatable bonds is 5. The Hall–Kier alpha value is -1.62. The van der Waals surface area contributed by atoms with Crippen LogP contribution in [0.5, 0.6) is 0 Å². The first-order valence-electron chi connectivity index (χ1n) is 8.49. The molecule has 1 amide bonds. The lowest BCUT2D eigenvalue weighted by molar-refractivity contribution is -0.131. The van der Waals surface area contributed by atoms with Gasteiger partial charge < -0.3 is 9.47 Å². The molecule has 0 saturated heterocycles. The summed E-state index contributed by atoms with van der Waals surface area (Å²) in [4.78, 5) is 21.4. The summed E-state index contributed by atoms with van der Waals surface area (Å²) in [7, 11) is 0. The first kappa shape index (κ1) is 15.3. The fourth-order valence-electron chi connectivity index (χ4n) is 3.35. The number of amides is 1. The topological polar surface area (TPSA) is 41.4 Å². The Balaban J connectivity index is 1.63. The van der Waals surface area contributed by atoms with Crippen LogP contribution in [0.15, 0.2) is 24.2 Å². The fraction of sp³-hybridized carbons (Fsp3) is 0.647. The van der Waals surface area contributed by atoms with Gasteiger partial charge in [-0.15, -0.1) is 0 Å². The summed E-state index contributed by atoms with van der Waals surface area (Å²) in [5.41, 5.74) is 1.25. The van der Waals surface area contributed by atoms with Gasteiger partial charge in [0.2, 0.25) is 5.91 Å². The number of fused-ring (bicyclic) bond motifs is 1. The highest BCUT2D eigenvalue weighted by Gasteiger charge is 2.23. The van der Waals surface area contributed by atoms with Crippen molar-refractivity contribution in [2.24, 2.45) is 0 Å². The smallest absolute Gasteiger partial charge is 0.240 e. The predicted octanol–water partition coefficient (Wildman–Crippen LogP) is 2.40. The number of carbonyl (C=O) groups is 1. The van der Waals surface area contributed by atoms with E-state index in [1.54, 1.807) is 0 Å². The SMILES string of the molecule is CCCN(C(=O)CN1CCn2ccnc2C1)C1=CCCCC1. The summed E-state index contributed by atoms with van der Waals surface area (Å²) in [5.74, 6) is 1.31. The Morgan fingerprint density at radius 2 is 2.27 bits per heavy atom. The van der Waals surface area contributed by atoms with Gasteiger partial charge in [-0.2, -0.15) is 0 Å². The standard InChI is InChI=1S/C17H26N4O/c1-2-9-21(15-6-4-3-5-7-15)17(22)14-19-11-12-20-10-8-18-16(20)13-19/h6,8,10H,2-5,7,9,11-14H2,1H3. The van der Waals surface area contributed by atoms with Gasteiger partial charge in [0.25, 0.3) is 0 Å². The molecule has 1 aliphatic heterocycles. The van der Waals surface area contributed by atoms with Crippen molar-refractivity contribution in [2.45, 2.75) is 52.1 Å². The van der Waals surface area contributed by atoms with Crippen LogP contribution < -0.4 is 0 Å². The van der Waals surface area contributed by atoms with Gasteiger partial charge in [0.05, 0.1) is 13.1 Å². The summed E-state index contributed by atoms with van der Waals surface area (Å²) in [6.07, 6.45) is 11.8. The molecule has 0 aromatic carbocycles. The number of carbonyl (C=O) groups excluding carboxylic acids is 1. The Morgan fingerprint density at radius 1 is 1.36 bits per heavy atom. The number of imidazole rings is 1. The van der Waals surface area contributed by atoms with E-state index in [1.807, 2.05) is 17.3 Å². The molecule has 1 aliphatic carbocycles. The van der Waals surface area contributed by atoms with Crippen LogP contribution in [0.2, 0.25) is 0 Å². The molecule has 0 N–H and O–H groups in total. The zero-order valence-corrected chi connectivity index (χ0v) is 13.5. The van der Waals surface area contributed by atoms with E-state index >= 15 is 0 Å². The van der Waals surface area contributed by atoms with Crippen LogP contribution in [0.4, 0.5) is 0 Å². The third-order valence-electron chi connectivity index (χ3n) is 4.54. The maximum absolute atomic E-state index is 12.8. The van der Waals surface area contributed by atoms with Gasteiger partial charge in [-0.25, -0.2) is 4.98 Å². The molecule has 120 valence electrons. The van der Waals surface area contributed by atoms with Crippen molar-refractivity contribution in [3.8, 4) is 0 Å². The second kappa shape index (κ2) is 7.09. The largest absolute Gasteiger partial charge is 0.333 e. The van der Waals surface area contributed by atoms with Crippen LogP contribution in [0, 0.1) is 0 Å². The Bertz CT molecular complexity index is 549. The van der Waals surface area contributed by atoms with E-state index < -0.39 is 0 Å². The minimum absolute atomic E-state index is 0.245. The molecule has 5 nitrogen and oxygen atoms in total. The Labute approximate surface area is 132 Å². The highest BCUT2D eigenvalue weighted by atomic mass is 16.2. The Kier molecular flexibility index (Phi) is 4.93. The average molecular weight is 302 g/mol. The van der Waals surface area contributed by atoms with Crippen molar-refractivity contribution < 1.29 is 4.79 Å². The summed E-state index contributed by atoms with van der Waals surface area (Å²) in [6, 6.07) is 0. The van der Waals surface area contributed by atoms with Crippen molar-refractivity contribution in [1.29, 1.82) is 0 Å². The lowest BCUT2D eigenvalue weighted by atomic mass is 10.0. The molecule has 1 aromatic rings. The van der Waals surface area contributed by atoms with Gasteiger partial charge in [-0.3, -0.25) is 9.69 Å². The molecule has 0 radical (unpaired) electrons. The molecule has 0 atom stereocenters. The number of hydrogen-bond acceptors (Lipinski definition) is 3. The monoisotopic (exact) mass is 302 g/mol. The minimum Gasteiger partial charge on any atom is -0.333 e. The first-order chi connectivity index (χ1) is 10.8. The van der Waals surface area contributed by atoms with Crippen molar-refractivity contribution in [3.05, 3.63) is 30.0 Å². The third-order valence-corrected chi connectivity index (χ3v) is 4.54. The first-order valence-corrected chi connectivity index (χ1v) is 8.49.